The number of carbonyl (C=O) groups is 1. The second-order valence-corrected chi connectivity index (χ2v) is 9.54. The Bertz CT molecular complexity index is 1350. The molecule has 3 aromatic rings. The molecule has 1 atom stereocenters. The molecule has 33 heavy (non-hydrogen) atoms. The van der Waals surface area contributed by atoms with Gasteiger partial charge in [0.15, 0.2) is 0 Å². The Kier molecular flexibility index (Phi) is 5.69. The molecule has 166 valence electrons. The lowest BCUT2D eigenvalue weighted by molar-refractivity contribution is -0.129. The van der Waals surface area contributed by atoms with Crippen LogP contribution in [0.15, 0.2) is 65.2 Å². The van der Waals surface area contributed by atoms with E-state index in [0.717, 1.165) is 32.6 Å². The Morgan fingerprint density at radius 1 is 1.18 bits per heavy atom. The number of rotatable bonds is 3. The van der Waals surface area contributed by atoms with Crippen molar-refractivity contribution in [3.8, 4) is 11.8 Å². The smallest absolute Gasteiger partial charge is 0.229 e. The van der Waals surface area contributed by atoms with E-state index in [0.29, 0.717) is 28.9 Å². The Morgan fingerprint density at radius 3 is 2.76 bits per heavy atom. The zero-order valence-electron chi connectivity index (χ0n) is 18.3. The molecule has 5 nitrogen and oxygen atoms in total. The Morgan fingerprint density at radius 2 is 2.00 bits per heavy atom. The number of fused-ring (bicyclic) bond motifs is 2. The molecule has 0 N–H and O–H groups in total. The van der Waals surface area contributed by atoms with Crippen molar-refractivity contribution in [1.82, 2.24) is 4.90 Å². The third kappa shape index (κ3) is 3.72. The molecule has 5 rings (SSSR count). The van der Waals surface area contributed by atoms with Gasteiger partial charge in [-0.2, -0.15) is 5.26 Å². The lowest BCUT2D eigenvalue weighted by Crippen LogP contribution is -2.47. The minimum atomic E-state index is -0.345. The second-order valence-electron chi connectivity index (χ2n) is 8.20. The number of aryl methyl sites for hydroxylation is 1. The van der Waals surface area contributed by atoms with Gasteiger partial charge in [0.1, 0.15) is 5.75 Å². The summed E-state index contributed by atoms with van der Waals surface area (Å²) in [6, 6.07) is 20.3. The molecule has 3 aromatic carbocycles. The topological polar surface area (TPSA) is 56.6 Å². The summed E-state index contributed by atoms with van der Waals surface area (Å²) in [5.41, 5.74) is 3.50. The Labute approximate surface area is 202 Å². The average Bonchev–Trinajstić information content (AvgIpc) is 2.84. The van der Waals surface area contributed by atoms with Gasteiger partial charge in [0.05, 0.1) is 36.3 Å². The van der Waals surface area contributed by atoms with E-state index in [1.54, 1.807) is 12.0 Å². The Hall–Kier alpha value is -3.14. The maximum Gasteiger partial charge on any atom is 0.229 e. The minimum Gasteiger partial charge on any atom is -0.496 e. The third-order valence-corrected chi connectivity index (χ3v) is 7.87. The van der Waals surface area contributed by atoms with E-state index in [2.05, 4.69) is 11.0 Å². The molecule has 0 aliphatic carbocycles. The molecule has 0 radical (unpaired) electrons. The van der Waals surface area contributed by atoms with E-state index in [4.69, 9.17) is 16.3 Å². The van der Waals surface area contributed by atoms with Gasteiger partial charge in [0.25, 0.3) is 0 Å². The number of allylic oxidation sites excluding steroid dienone is 1. The first-order valence-corrected chi connectivity index (χ1v) is 12.0. The summed E-state index contributed by atoms with van der Waals surface area (Å²) in [6.07, 6.45) is 0.222. The van der Waals surface area contributed by atoms with Crippen LogP contribution >= 0.6 is 23.4 Å². The van der Waals surface area contributed by atoms with Crippen molar-refractivity contribution >= 4 is 45.7 Å². The van der Waals surface area contributed by atoms with Crippen LogP contribution in [0.4, 0.5) is 5.69 Å². The van der Waals surface area contributed by atoms with Crippen molar-refractivity contribution in [2.24, 2.45) is 0 Å². The van der Waals surface area contributed by atoms with Gasteiger partial charge in [0.2, 0.25) is 5.91 Å². The van der Waals surface area contributed by atoms with Gasteiger partial charge >= 0.3 is 0 Å². The molecule has 0 aromatic heterocycles. The number of nitrogens with zero attached hydrogens (tertiary/aromatic N) is 3. The fourth-order valence-corrected chi connectivity index (χ4v) is 5.91. The number of nitriles is 1. The molecule has 2 heterocycles. The quantitative estimate of drug-likeness (QED) is 0.463. The molecule has 0 spiro atoms. The summed E-state index contributed by atoms with van der Waals surface area (Å²) >= 11 is 7.85. The number of anilines is 1. The van der Waals surface area contributed by atoms with Crippen molar-refractivity contribution in [3.05, 3.63) is 81.3 Å². The summed E-state index contributed by atoms with van der Waals surface area (Å²) in [5.74, 6) is 0.982. The SMILES string of the molecule is COc1ccc2ccccc2c1[C@@H]1CC(=O)N2CN(c3ccc(C)c(Cl)c3)CSC2=C1C#N. The van der Waals surface area contributed by atoms with E-state index in [9.17, 15) is 10.1 Å². The van der Waals surface area contributed by atoms with Crippen LogP contribution in [0.5, 0.6) is 5.75 Å². The van der Waals surface area contributed by atoms with E-state index >= 15 is 0 Å². The molecule has 1 saturated heterocycles. The third-order valence-electron chi connectivity index (χ3n) is 6.31. The highest BCUT2D eigenvalue weighted by Crippen LogP contribution is 2.47. The van der Waals surface area contributed by atoms with E-state index in [-0.39, 0.29) is 18.2 Å². The van der Waals surface area contributed by atoms with Gasteiger partial charge in [0, 0.05) is 28.6 Å². The molecular formula is C26H22ClN3O2S. The standard InChI is InChI=1S/C26H22ClN3O2S/c1-16-7-9-18(11-22(16)27)29-14-30-24(31)12-20(21(13-28)26(30)33-15-29)25-19-6-4-3-5-17(19)8-10-23(25)32-2/h3-11,20H,12,14-15H2,1-2H3/t20-/m1/s1. The zero-order chi connectivity index (χ0) is 23.1. The van der Waals surface area contributed by atoms with Gasteiger partial charge in [-0.1, -0.05) is 59.8 Å². The maximum atomic E-state index is 13.4. The maximum absolute atomic E-state index is 13.4. The lowest BCUT2D eigenvalue weighted by Gasteiger charge is -2.42. The molecule has 0 bridgehead atoms. The van der Waals surface area contributed by atoms with Crippen LogP contribution in [0, 0.1) is 18.3 Å². The highest BCUT2D eigenvalue weighted by Gasteiger charge is 2.40. The molecule has 0 unspecified atom stereocenters. The first-order valence-electron chi connectivity index (χ1n) is 10.7. The summed E-state index contributed by atoms with van der Waals surface area (Å²) in [4.78, 5) is 17.2. The van der Waals surface area contributed by atoms with Crippen LogP contribution < -0.4 is 9.64 Å². The molecular weight excluding hydrogens is 454 g/mol. The van der Waals surface area contributed by atoms with Crippen molar-refractivity contribution in [1.29, 1.82) is 5.26 Å². The molecule has 1 fully saturated rings. The summed E-state index contributed by atoms with van der Waals surface area (Å²) in [7, 11) is 1.63. The number of ether oxygens (including phenoxy) is 1. The largest absolute Gasteiger partial charge is 0.496 e. The van der Waals surface area contributed by atoms with Crippen LogP contribution in [0.2, 0.25) is 5.02 Å². The number of amides is 1. The summed E-state index contributed by atoms with van der Waals surface area (Å²) in [6.45, 7) is 2.36. The van der Waals surface area contributed by atoms with Gasteiger partial charge in [-0.3, -0.25) is 9.69 Å². The number of carbonyl (C=O) groups excluding carboxylic acids is 1. The number of halogens is 1. The number of thioether (sulfide) groups is 1. The number of benzene rings is 3. The van der Waals surface area contributed by atoms with Gasteiger partial charge in [-0.05, 0) is 41.5 Å². The van der Waals surface area contributed by atoms with E-state index in [1.165, 1.54) is 11.8 Å². The van der Waals surface area contributed by atoms with Crippen LogP contribution in [-0.4, -0.2) is 30.5 Å². The van der Waals surface area contributed by atoms with Crippen molar-refractivity contribution in [2.75, 3.05) is 24.6 Å². The van der Waals surface area contributed by atoms with E-state index in [1.807, 2.05) is 61.5 Å². The summed E-state index contributed by atoms with van der Waals surface area (Å²) in [5, 5.41) is 13.7. The Balaban J connectivity index is 1.57. The number of hydrogen-bond donors (Lipinski definition) is 0. The van der Waals surface area contributed by atoms with Crippen LogP contribution in [-0.2, 0) is 4.79 Å². The normalized spacial score (nSPS) is 18.4. The summed E-state index contributed by atoms with van der Waals surface area (Å²) < 4.78 is 5.68. The second kappa shape index (κ2) is 8.66. The monoisotopic (exact) mass is 475 g/mol. The number of methoxy groups -OCH3 is 1. The van der Waals surface area contributed by atoms with E-state index < -0.39 is 0 Å². The molecule has 7 heteroatoms. The van der Waals surface area contributed by atoms with Crippen LogP contribution in [0.3, 0.4) is 0 Å². The highest BCUT2D eigenvalue weighted by molar-refractivity contribution is 8.03. The van der Waals surface area contributed by atoms with Gasteiger partial charge in [-0.25, -0.2) is 0 Å². The lowest BCUT2D eigenvalue weighted by atomic mass is 9.83. The fraction of sp³-hybridized carbons (Fsp3) is 0.231. The van der Waals surface area contributed by atoms with Crippen LogP contribution in [0.25, 0.3) is 10.8 Å². The van der Waals surface area contributed by atoms with Crippen molar-refractivity contribution < 1.29 is 9.53 Å². The predicted octanol–water partition coefficient (Wildman–Crippen LogP) is 6.03. The highest BCUT2D eigenvalue weighted by atomic mass is 35.5. The number of hydrogen-bond acceptors (Lipinski definition) is 5. The average molecular weight is 476 g/mol. The zero-order valence-corrected chi connectivity index (χ0v) is 19.9. The molecule has 0 saturated carbocycles. The van der Waals surface area contributed by atoms with Crippen molar-refractivity contribution in [3.63, 3.8) is 0 Å². The fourth-order valence-electron chi connectivity index (χ4n) is 4.56. The molecule has 2 aliphatic rings. The van der Waals surface area contributed by atoms with Gasteiger partial charge in [-0.15, -0.1) is 0 Å². The first kappa shape index (κ1) is 21.7. The molecule has 1 amide bonds. The first-order chi connectivity index (χ1) is 16.0. The molecule has 2 aliphatic heterocycles. The van der Waals surface area contributed by atoms with Crippen molar-refractivity contribution in [2.45, 2.75) is 19.3 Å². The van der Waals surface area contributed by atoms with Gasteiger partial charge < -0.3 is 9.64 Å². The minimum absolute atomic E-state index is 0.000559. The van der Waals surface area contributed by atoms with Crippen LogP contribution in [0.1, 0.15) is 23.5 Å². The predicted molar refractivity (Wildman–Crippen MR) is 133 cm³/mol.